The fraction of sp³-hybridized carbons (Fsp3) is 0.350. The molecular formula is C20H25N3O. The van der Waals surface area contributed by atoms with Gasteiger partial charge in [-0.2, -0.15) is 0 Å². The maximum absolute atomic E-state index is 12.0. The van der Waals surface area contributed by atoms with Crippen molar-refractivity contribution in [2.75, 3.05) is 38.0 Å². The number of amides is 1. The largest absolute Gasteiger partial charge is 0.326 e. The lowest BCUT2D eigenvalue weighted by atomic mass is 10.2. The van der Waals surface area contributed by atoms with Gasteiger partial charge in [0.1, 0.15) is 0 Å². The Morgan fingerprint density at radius 2 is 1.42 bits per heavy atom. The molecule has 0 aliphatic carbocycles. The topological polar surface area (TPSA) is 35.6 Å². The van der Waals surface area contributed by atoms with E-state index in [4.69, 9.17) is 0 Å². The van der Waals surface area contributed by atoms with E-state index in [2.05, 4.69) is 45.4 Å². The van der Waals surface area contributed by atoms with Gasteiger partial charge >= 0.3 is 0 Å². The number of hydrogen-bond acceptors (Lipinski definition) is 3. The molecule has 2 aromatic rings. The summed E-state index contributed by atoms with van der Waals surface area (Å²) >= 11 is 0. The van der Waals surface area contributed by atoms with E-state index in [1.165, 1.54) is 5.56 Å². The molecule has 4 nitrogen and oxygen atoms in total. The molecule has 1 aliphatic rings. The Morgan fingerprint density at radius 3 is 2.08 bits per heavy atom. The Morgan fingerprint density at radius 1 is 0.833 bits per heavy atom. The third-order valence-electron chi connectivity index (χ3n) is 4.43. The van der Waals surface area contributed by atoms with Crippen LogP contribution in [-0.4, -0.2) is 48.4 Å². The molecule has 4 heteroatoms. The minimum atomic E-state index is 0.0907. The molecule has 1 aliphatic heterocycles. The number of benzene rings is 2. The summed E-state index contributed by atoms with van der Waals surface area (Å²) in [6.45, 7) is 6.04. The maximum Gasteiger partial charge on any atom is 0.225 e. The molecule has 0 saturated carbocycles. The Balaban J connectivity index is 1.36. The van der Waals surface area contributed by atoms with E-state index >= 15 is 0 Å². The third-order valence-corrected chi connectivity index (χ3v) is 4.43. The highest BCUT2D eigenvalue weighted by atomic mass is 16.1. The fourth-order valence-corrected chi connectivity index (χ4v) is 3.02. The lowest BCUT2D eigenvalue weighted by Gasteiger charge is -2.34. The lowest BCUT2D eigenvalue weighted by molar-refractivity contribution is -0.116. The van der Waals surface area contributed by atoms with Gasteiger partial charge in [-0.15, -0.1) is 0 Å². The standard InChI is InChI=1S/C20H25N3O/c24-20(21-19-9-5-2-6-10-19)11-12-22-13-15-23(16-14-22)17-18-7-3-1-4-8-18/h1-10H,11-17H2,(H,21,24). The van der Waals surface area contributed by atoms with E-state index in [-0.39, 0.29) is 5.91 Å². The van der Waals surface area contributed by atoms with Crippen LogP contribution >= 0.6 is 0 Å². The summed E-state index contributed by atoms with van der Waals surface area (Å²) in [6.07, 6.45) is 0.549. The van der Waals surface area contributed by atoms with Gasteiger partial charge in [0.25, 0.3) is 0 Å². The third kappa shape index (κ3) is 5.18. The van der Waals surface area contributed by atoms with Crippen LogP contribution in [0.25, 0.3) is 0 Å². The first-order valence-corrected chi connectivity index (χ1v) is 8.63. The van der Waals surface area contributed by atoms with E-state index < -0.39 is 0 Å². The zero-order valence-corrected chi connectivity index (χ0v) is 14.0. The van der Waals surface area contributed by atoms with Gasteiger partial charge in [-0.05, 0) is 17.7 Å². The molecule has 1 N–H and O–H groups in total. The first-order chi connectivity index (χ1) is 11.8. The summed E-state index contributed by atoms with van der Waals surface area (Å²) in [7, 11) is 0. The summed E-state index contributed by atoms with van der Waals surface area (Å²) in [5.41, 5.74) is 2.24. The predicted molar refractivity (Wildman–Crippen MR) is 97.8 cm³/mol. The number of nitrogens with one attached hydrogen (secondary N) is 1. The van der Waals surface area contributed by atoms with E-state index in [0.717, 1.165) is 45.0 Å². The van der Waals surface area contributed by atoms with Gasteiger partial charge in [-0.3, -0.25) is 9.69 Å². The minimum Gasteiger partial charge on any atom is -0.326 e. The first kappa shape index (κ1) is 16.7. The average molecular weight is 323 g/mol. The lowest BCUT2D eigenvalue weighted by Crippen LogP contribution is -2.46. The molecule has 1 saturated heterocycles. The summed E-state index contributed by atoms with van der Waals surface area (Å²) in [6, 6.07) is 20.3. The van der Waals surface area contributed by atoms with Gasteiger partial charge < -0.3 is 10.2 Å². The van der Waals surface area contributed by atoms with Gasteiger partial charge in [-0.1, -0.05) is 48.5 Å². The van der Waals surface area contributed by atoms with Crippen LogP contribution in [0.15, 0.2) is 60.7 Å². The molecule has 3 rings (SSSR count). The highest BCUT2D eigenvalue weighted by molar-refractivity contribution is 5.90. The molecule has 1 amide bonds. The molecule has 1 heterocycles. The van der Waals surface area contributed by atoms with Gasteiger partial charge in [0, 0.05) is 51.4 Å². The summed E-state index contributed by atoms with van der Waals surface area (Å²) in [5, 5.41) is 2.95. The number of para-hydroxylation sites is 1. The van der Waals surface area contributed by atoms with Gasteiger partial charge in [-0.25, -0.2) is 0 Å². The van der Waals surface area contributed by atoms with Crippen molar-refractivity contribution in [2.45, 2.75) is 13.0 Å². The molecule has 0 unspecified atom stereocenters. The van der Waals surface area contributed by atoms with Crippen molar-refractivity contribution in [1.29, 1.82) is 0 Å². The fourth-order valence-electron chi connectivity index (χ4n) is 3.02. The predicted octanol–water partition coefficient (Wildman–Crippen LogP) is 2.83. The van der Waals surface area contributed by atoms with Crippen molar-refractivity contribution in [3.8, 4) is 0 Å². The molecule has 1 fully saturated rings. The Hall–Kier alpha value is -2.17. The minimum absolute atomic E-state index is 0.0907. The highest BCUT2D eigenvalue weighted by Crippen LogP contribution is 2.09. The Bertz CT molecular complexity index is 622. The Kier molecular flexibility index (Phi) is 5.99. The van der Waals surface area contributed by atoms with Crippen molar-refractivity contribution in [1.82, 2.24) is 9.80 Å². The smallest absolute Gasteiger partial charge is 0.225 e. The van der Waals surface area contributed by atoms with E-state index in [9.17, 15) is 4.79 Å². The second kappa shape index (κ2) is 8.62. The van der Waals surface area contributed by atoms with Gasteiger partial charge in [0.2, 0.25) is 5.91 Å². The van der Waals surface area contributed by atoms with Crippen LogP contribution in [0.1, 0.15) is 12.0 Å². The molecule has 24 heavy (non-hydrogen) atoms. The van der Waals surface area contributed by atoms with Crippen LogP contribution in [0.4, 0.5) is 5.69 Å². The van der Waals surface area contributed by atoms with Crippen LogP contribution in [0, 0.1) is 0 Å². The van der Waals surface area contributed by atoms with Crippen molar-refractivity contribution < 1.29 is 4.79 Å². The SMILES string of the molecule is O=C(CCN1CCN(Cc2ccccc2)CC1)Nc1ccccc1. The van der Waals surface area contributed by atoms with E-state index in [1.54, 1.807) is 0 Å². The monoisotopic (exact) mass is 323 g/mol. The Labute approximate surface area is 144 Å². The highest BCUT2D eigenvalue weighted by Gasteiger charge is 2.17. The molecule has 0 atom stereocenters. The van der Waals surface area contributed by atoms with Crippen molar-refractivity contribution in [3.63, 3.8) is 0 Å². The normalized spacial score (nSPS) is 16.0. The number of rotatable bonds is 6. The molecule has 0 aromatic heterocycles. The van der Waals surface area contributed by atoms with Gasteiger partial charge in [0.05, 0.1) is 0 Å². The number of hydrogen-bond donors (Lipinski definition) is 1. The number of carbonyl (C=O) groups excluding carboxylic acids is 1. The summed E-state index contributed by atoms with van der Waals surface area (Å²) in [5.74, 6) is 0.0907. The number of anilines is 1. The zero-order valence-electron chi connectivity index (χ0n) is 14.0. The first-order valence-electron chi connectivity index (χ1n) is 8.63. The molecule has 0 bridgehead atoms. The average Bonchev–Trinajstić information content (AvgIpc) is 2.63. The number of piperazine rings is 1. The second-order valence-electron chi connectivity index (χ2n) is 6.27. The van der Waals surface area contributed by atoms with Crippen molar-refractivity contribution >= 4 is 11.6 Å². The van der Waals surface area contributed by atoms with Crippen molar-refractivity contribution in [3.05, 3.63) is 66.2 Å². The van der Waals surface area contributed by atoms with Crippen LogP contribution in [-0.2, 0) is 11.3 Å². The summed E-state index contributed by atoms with van der Waals surface area (Å²) in [4.78, 5) is 16.9. The molecule has 2 aromatic carbocycles. The molecule has 126 valence electrons. The van der Waals surface area contributed by atoms with E-state index in [1.807, 2.05) is 30.3 Å². The van der Waals surface area contributed by atoms with Crippen molar-refractivity contribution in [2.24, 2.45) is 0 Å². The molecule has 0 spiro atoms. The quantitative estimate of drug-likeness (QED) is 0.888. The molecular weight excluding hydrogens is 298 g/mol. The molecule has 0 radical (unpaired) electrons. The summed E-state index contributed by atoms with van der Waals surface area (Å²) < 4.78 is 0. The second-order valence-corrected chi connectivity index (χ2v) is 6.27. The van der Waals surface area contributed by atoms with Crippen LogP contribution in [0.5, 0.6) is 0 Å². The van der Waals surface area contributed by atoms with E-state index in [0.29, 0.717) is 6.42 Å². The number of nitrogens with zero attached hydrogens (tertiary/aromatic N) is 2. The van der Waals surface area contributed by atoms with Gasteiger partial charge in [0.15, 0.2) is 0 Å². The van der Waals surface area contributed by atoms with Crippen LogP contribution in [0.3, 0.4) is 0 Å². The zero-order chi connectivity index (χ0) is 16.6. The van der Waals surface area contributed by atoms with Crippen LogP contribution in [0.2, 0.25) is 0 Å². The van der Waals surface area contributed by atoms with Crippen LogP contribution < -0.4 is 5.32 Å². The maximum atomic E-state index is 12.0. The number of carbonyl (C=O) groups is 1.